The van der Waals surface area contributed by atoms with E-state index in [1.165, 1.54) is 23.9 Å². The quantitative estimate of drug-likeness (QED) is 0.803. The predicted molar refractivity (Wildman–Crippen MR) is 72.8 cm³/mol. The Balaban J connectivity index is 1.46. The van der Waals surface area contributed by atoms with Gasteiger partial charge in [0.25, 0.3) is 0 Å². The molecule has 1 aromatic carbocycles. The van der Waals surface area contributed by atoms with Crippen LogP contribution in [-0.4, -0.2) is 44.6 Å². The van der Waals surface area contributed by atoms with Crippen molar-refractivity contribution in [3.63, 3.8) is 0 Å². The van der Waals surface area contributed by atoms with Gasteiger partial charge in [0.05, 0.1) is 18.0 Å². The molecule has 1 aliphatic heterocycles. The second-order valence-electron chi connectivity index (χ2n) is 4.58. The van der Waals surface area contributed by atoms with Crippen LogP contribution in [0.3, 0.4) is 0 Å². The fourth-order valence-corrected chi connectivity index (χ4v) is 2.81. The van der Waals surface area contributed by atoms with E-state index in [9.17, 15) is 9.18 Å². The van der Waals surface area contributed by atoms with Gasteiger partial charge in [0.15, 0.2) is 0 Å². The van der Waals surface area contributed by atoms with Gasteiger partial charge in [0.2, 0.25) is 5.91 Å². The number of carbonyl (C=O) groups is 1. The highest BCUT2D eigenvalue weighted by atomic mass is 32.2. The first-order valence-corrected chi connectivity index (χ1v) is 7.23. The van der Waals surface area contributed by atoms with Crippen LogP contribution in [0.2, 0.25) is 0 Å². The van der Waals surface area contributed by atoms with E-state index in [-0.39, 0.29) is 17.8 Å². The molecule has 0 radical (unpaired) electrons. The molecule has 5 nitrogen and oxygen atoms in total. The minimum absolute atomic E-state index is 0.0932. The second kappa shape index (κ2) is 5.62. The summed E-state index contributed by atoms with van der Waals surface area (Å²) in [7, 11) is 0. The number of benzene rings is 1. The van der Waals surface area contributed by atoms with Crippen LogP contribution in [0.1, 0.15) is 6.04 Å². The highest BCUT2D eigenvalue weighted by Crippen LogP contribution is 2.23. The Bertz CT molecular complexity index is 581. The minimum Gasteiger partial charge on any atom is -0.338 e. The van der Waals surface area contributed by atoms with Gasteiger partial charge in [0, 0.05) is 24.2 Å². The van der Waals surface area contributed by atoms with Gasteiger partial charge in [-0.3, -0.25) is 4.79 Å². The number of amides is 1. The molecule has 1 aromatic heterocycles. The first-order valence-electron chi connectivity index (χ1n) is 6.24. The molecule has 2 heterocycles. The molecule has 0 aliphatic carbocycles. The van der Waals surface area contributed by atoms with Crippen LogP contribution in [0.4, 0.5) is 4.39 Å². The molecule has 0 N–H and O–H groups in total. The summed E-state index contributed by atoms with van der Waals surface area (Å²) in [6, 6.07) is 6.40. The van der Waals surface area contributed by atoms with Gasteiger partial charge in [-0.15, -0.1) is 16.9 Å². The van der Waals surface area contributed by atoms with Crippen LogP contribution in [0.15, 0.2) is 41.6 Å². The second-order valence-corrected chi connectivity index (χ2v) is 5.63. The van der Waals surface area contributed by atoms with Crippen LogP contribution >= 0.6 is 11.8 Å². The summed E-state index contributed by atoms with van der Waals surface area (Å²) < 4.78 is 14.5. The van der Waals surface area contributed by atoms with E-state index in [0.29, 0.717) is 18.8 Å². The van der Waals surface area contributed by atoms with Crippen molar-refractivity contribution in [1.29, 1.82) is 0 Å². The molecule has 20 heavy (non-hydrogen) atoms. The van der Waals surface area contributed by atoms with E-state index in [1.54, 1.807) is 34.1 Å². The van der Waals surface area contributed by atoms with E-state index < -0.39 is 0 Å². The lowest BCUT2D eigenvalue weighted by atomic mass is 10.1. The van der Waals surface area contributed by atoms with Crippen LogP contribution < -0.4 is 0 Å². The molecule has 0 spiro atoms. The normalized spacial score (nSPS) is 15.2. The Labute approximate surface area is 119 Å². The third-order valence-electron chi connectivity index (χ3n) is 3.21. The fourth-order valence-electron chi connectivity index (χ4n) is 2.01. The van der Waals surface area contributed by atoms with Crippen molar-refractivity contribution < 1.29 is 9.18 Å². The lowest BCUT2D eigenvalue weighted by Crippen LogP contribution is -2.51. The Morgan fingerprint density at radius 3 is 2.75 bits per heavy atom. The first kappa shape index (κ1) is 13.1. The average Bonchev–Trinajstić information content (AvgIpc) is 2.90. The molecule has 0 atom stereocenters. The van der Waals surface area contributed by atoms with Crippen molar-refractivity contribution in [3.05, 3.63) is 42.5 Å². The van der Waals surface area contributed by atoms with Gasteiger partial charge in [-0.25, -0.2) is 9.07 Å². The number of likely N-dealkylation sites (tertiary alicyclic amines) is 1. The standard InChI is InChI=1S/C13H13FN4OS/c14-10-1-3-12(4-2-10)20-9-13(19)17-7-11(8-17)18-6-5-15-16-18/h1-6,11H,7-9H2. The van der Waals surface area contributed by atoms with Gasteiger partial charge in [-0.1, -0.05) is 5.21 Å². The van der Waals surface area contributed by atoms with Crippen LogP contribution in [0.5, 0.6) is 0 Å². The number of nitrogens with zero attached hydrogens (tertiary/aromatic N) is 4. The Morgan fingerprint density at radius 2 is 2.10 bits per heavy atom. The summed E-state index contributed by atoms with van der Waals surface area (Å²) >= 11 is 1.42. The van der Waals surface area contributed by atoms with Gasteiger partial charge in [-0.2, -0.15) is 0 Å². The van der Waals surface area contributed by atoms with Crippen LogP contribution in [-0.2, 0) is 4.79 Å². The molecule has 1 amide bonds. The van der Waals surface area contributed by atoms with E-state index in [2.05, 4.69) is 10.3 Å². The zero-order valence-corrected chi connectivity index (χ0v) is 11.5. The summed E-state index contributed by atoms with van der Waals surface area (Å²) in [6.07, 6.45) is 3.44. The largest absolute Gasteiger partial charge is 0.338 e. The number of carbonyl (C=O) groups excluding carboxylic acids is 1. The molecule has 0 unspecified atom stereocenters. The minimum atomic E-state index is -0.265. The summed E-state index contributed by atoms with van der Waals surface area (Å²) in [5.74, 6) is 0.199. The van der Waals surface area contributed by atoms with Gasteiger partial charge >= 0.3 is 0 Å². The zero-order valence-electron chi connectivity index (χ0n) is 10.6. The third-order valence-corrected chi connectivity index (χ3v) is 4.20. The number of rotatable bonds is 4. The van der Waals surface area contributed by atoms with Crippen LogP contribution in [0.25, 0.3) is 0 Å². The SMILES string of the molecule is O=C(CSc1ccc(F)cc1)N1CC(n2ccnn2)C1. The van der Waals surface area contributed by atoms with E-state index in [4.69, 9.17) is 0 Å². The van der Waals surface area contributed by atoms with Crippen molar-refractivity contribution in [2.24, 2.45) is 0 Å². The third kappa shape index (κ3) is 2.82. The maximum atomic E-state index is 12.8. The van der Waals surface area contributed by atoms with Gasteiger partial charge in [-0.05, 0) is 24.3 Å². The Hall–Kier alpha value is -1.89. The van der Waals surface area contributed by atoms with E-state index in [1.807, 2.05) is 0 Å². The molecule has 1 aliphatic rings. The Kier molecular flexibility index (Phi) is 3.68. The lowest BCUT2D eigenvalue weighted by Gasteiger charge is -2.38. The van der Waals surface area contributed by atoms with Crippen molar-refractivity contribution in [2.75, 3.05) is 18.8 Å². The maximum Gasteiger partial charge on any atom is 0.233 e. The summed E-state index contributed by atoms with van der Waals surface area (Å²) in [6.45, 7) is 1.35. The first-order chi connectivity index (χ1) is 9.72. The topological polar surface area (TPSA) is 51.0 Å². The summed E-state index contributed by atoms with van der Waals surface area (Å²) in [4.78, 5) is 14.7. The molecular formula is C13H13FN4OS. The summed E-state index contributed by atoms with van der Waals surface area (Å²) in [5, 5.41) is 7.67. The van der Waals surface area contributed by atoms with Gasteiger partial charge in [0.1, 0.15) is 5.82 Å². The monoisotopic (exact) mass is 292 g/mol. The van der Waals surface area contributed by atoms with E-state index in [0.717, 1.165) is 4.90 Å². The molecule has 104 valence electrons. The highest BCUT2D eigenvalue weighted by Gasteiger charge is 2.32. The molecule has 1 saturated heterocycles. The molecule has 0 saturated carbocycles. The zero-order chi connectivity index (χ0) is 13.9. The van der Waals surface area contributed by atoms with Crippen molar-refractivity contribution in [3.8, 4) is 0 Å². The number of hydrogen-bond acceptors (Lipinski definition) is 4. The molecule has 3 rings (SSSR count). The van der Waals surface area contributed by atoms with Crippen molar-refractivity contribution in [1.82, 2.24) is 19.9 Å². The number of thioether (sulfide) groups is 1. The van der Waals surface area contributed by atoms with Crippen LogP contribution in [0, 0.1) is 5.82 Å². The Morgan fingerprint density at radius 1 is 1.35 bits per heavy atom. The smallest absolute Gasteiger partial charge is 0.233 e. The van der Waals surface area contributed by atoms with Gasteiger partial charge < -0.3 is 4.90 Å². The molecule has 1 fully saturated rings. The van der Waals surface area contributed by atoms with Crippen molar-refractivity contribution >= 4 is 17.7 Å². The number of hydrogen-bond donors (Lipinski definition) is 0. The number of halogens is 1. The average molecular weight is 292 g/mol. The molecule has 7 heteroatoms. The summed E-state index contributed by atoms with van der Waals surface area (Å²) in [5.41, 5.74) is 0. The fraction of sp³-hybridized carbons (Fsp3) is 0.308. The molecule has 0 bridgehead atoms. The van der Waals surface area contributed by atoms with Crippen molar-refractivity contribution in [2.45, 2.75) is 10.9 Å². The highest BCUT2D eigenvalue weighted by molar-refractivity contribution is 8.00. The lowest BCUT2D eigenvalue weighted by molar-refractivity contribution is -0.134. The number of aromatic nitrogens is 3. The van der Waals surface area contributed by atoms with E-state index >= 15 is 0 Å². The molecule has 2 aromatic rings. The maximum absolute atomic E-state index is 12.8. The predicted octanol–water partition coefficient (Wildman–Crippen LogP) is 1.59. The molecular weight excluding hydrogens is 279 g/mol.